The van der Waals surface area contributed by atoms with Crippen LogP contribution in [-0.4, -0.2) is 34.9 Å². The van der Waals surface area contributed by atoms with Crippen molar-refractivity contribution in [3.8, 4) is 0 Å². The molecule has 4 rings (SSSR count). The number of rotatable bonds is 3. The molecular weight excluding hydrogens is 365 g/mol. The molecule has 0 radical (unpaired) electrons. The summed E-state index contributed by atoms with van der Waals surface area (Å²) >= 11 is 0. The van der Waals surface area contributed by atoms with Crippen LogP contribution in [0.5, 0.6) is 0 Å². The van der Waals surface area contributed by atoms with E-state index >= 15 is 0 Å². The first-order valence-electron chi connectivity index (χ1n) is 9.18. The Bertz CT molecular complexity index is 1010. The number of benzene rings is 1. The van der Waals surface area contributed by atoms with E-state index in [0.29, 0.717) is 11.5 Å². The third-order valence-corrected chi connectivity index (χ3v) is 5.04. The minimum atomic E-state index is -1.05. The van der Waals surface area contributed by atoms with Gasteiger partial charge in [-0.1, -0.05) is 6.07 Å². The summed E-state index contributed by atoms with van der Waals surface area (Å²) in [7, 11) is 0. The van der Waals surface area contributed by atoms with Gasteiger partial charge in [0.1, 0.15) is 11.6 Å². The molecule has 1 fully saturated rings. The van der Waals surface area contributed by atoms with E-state index < -0.39 is 29.1 Å². The molecule has 2 aliphatic rings. The zero-order valence-corrected chi connectivity index (χ0v) is 15.3. The van der Waals surface area contributed by atoms with Crippen LogP contribution in [-0.2, 0) is 9.59 Å². The third-order valence-electron chi connectivity index (χ3n) is 5.04. The van der Waals surface area contributed by atoms with Crippen LogP contribution in [0.15, 0.2) is 23.0 Å². The molecule has 1 aromatic heterocycles. The van der Waals surface area contributed by atoms with Gasteiger partial charge in [0, 0.05) is 19.5 Å². The third kappa shape index (κ3) is 3.35. The smallest absolute Gasteiger partial charge is 0.258 e. The SMILES string of the molecule is Cc1ccc(NC(=O)[C@H]2CC(=O)Nc3nc(N4CCCC4)[nH]c(=O)c32)c(F)c1. The van der Waals surface area contributed by atoms with E-state index in [1.54, 1.807) is 13.0 Å². The maximum atomic E-state index is 14.1. The van der Waals surface area contributed by atoms with Gasteiger partial charge in [0.2, 0.25) is 17.8 Å². The average Bonchev–Trinajstić information content (AvgIpc) is 3.17. The van der Waals surface area contributed by atoms with Gasteiger partial charge in [0.15, 0.2) is 0 Å². The number of aryl methyl sites for hydroxylation is 1. The van der Waals surface area contributed by atoms with Gasteiger partial charge in [-0.15, -0.1) is 0 Å². The molecule has 0 bridgehead atoms. The van der Waals surface area contributed by atoms with Gasteiger partial charge in [-0.05, 0) is 37.5 Å². The lowest BCUT2D eigenvalue weighted by atomic mass is 9.92. The number of aromatic amines is 1. The molecule has 2 aliphatic heterocycles. The zero-order chi connectivity index (χ0) is 19.8. The summed E-state index contributed by atoms with van der Waals surface area (Å²) in [6.07, 6.45) is 1.79. The second-order valence-corrected chi connectivity index (χ2v) is 7.12. The number of amides is 2. The Balaban J connectivity index is 1.66. The van der Waals surface area contributed by atoms with Crippen molar-refractivity contribution in [2.75, 3.05) is 28.6 Å². The van der Waals surface area contributed by atoms with Crippen LogP contribution in [0.4, 0.5) is 21.8 Å². The van der Waals surface area contributed by atoms with Crippen LogP contribution < -0.4 is 21.1 Å². The lowest BCUT2D eigenvalue weighted by Crippen LogP contribution is -2.37. The predicted molar refractivity (Wildman–Crippen MR) is 102 cm³/mol. The number of carbonyl (C=O) groups excluding carboxylic acids is 2. The van der Waals surface area contributed by atoms with E-state index in [4.69, 9.17) is 0 Å². The second-order valence-electron chi connectivity index (χ2n) is 7.12. The summed E-state index contributed by atoms with van der Waals surface area (Å²) in [5.41, 5.74) is 0.332. The molecule has 3 heterocycles. The van der Waals surface area contributed by atoms with Crippen LogP contribution in [0, 0.1) is 12.7 Å². The van der Waals surface area contributed by atoms with E-state index in [1.807, 2.05) is 4.90 Å². The van der Waals surface area contributed by atoms with Crippen molar-refractivity contribution in [2.45, 2.75) is 32.1 Å². The molecule has 2 aromatic rings. The first-order chi connectivity index (χ1) is 13.4. The van der Waals surface area contributed by atoms with Crippen molar-refractivity contribution in [2.24, 2.45) is 0 Å². The van der Waals surface area contributed by atoms with Crippen LogP contribution in [0.2, 0.25) is 0 Å². The Morgan fingerprint density at radius 2 is 2.04 bits per heavy atom. The zero-order valence-electron chi connectivity index (χ0n) is 15.3. The fourth-order valence-electron chi connectivity index (χ4n) is 3.60. The van der Waals surface area contributed by atoms with E-state index in [0.717, 1.165) is 25.9 Å². The van der Waals surface area contributed by atoms with Crippen molar-refractivity contribution in [1.82, 2.24) is 9.97 Å². The largest absolute Gasteiger partial charge is 0.342 e. The molecule has 146 valence electrons. The van der Waals surface area contributed by atoms with Crippen molar-refractivity contribution in [3.63, 3.8) is 0 Å². The minimum absolute atomic E-state index is 0.00112. The molecule has 28 heavy (non-hydrogen) atoms. The van der Waals surface area contributed by atoms with Gasteiger partial charge in [-0.3, -0.25) is 19.4 Å². The summed E-state index contributed by atoms with van der Waals surface area (Å²) in [6.45, 7) is 3.28. The number of carbonyl (C=O) groups is 2. The summed E-state index contributed by atoms with van der Waals surface area (Å²) in [4.78, 5) is 46.6. The maximum Gasteiger partial charge on any atom is 0.258 e. The monoisotopic (exact) mass is 385 g/mol. The van der Waals surface area contributed by atoms with E-state index in [-0.39, 0.29) is 23.5 Å². The van der Waals surface area contributed by atoms with Gasteiger partial charge < -0.3 is 15.5 Å². The number of anilines is 3. The highest BCUT2D eigenvalue weighted by molar-refractivity contribution is 6.04. The quantitative estimate of drug-likeness (QED) is 0.748. The van der Waals surface area contributed by atoms with E-state index in [1.165, 1.54) is 12.1 Å². The van der Waals surface area contributed by atoms with Crippen LogP contribution in [0.3, 0.4) is 0 Å². The summed E-state index contributed by atoms with van der Waals surface area (Å²) in [5.74, 6) is -2.19. The van der Waals surface area contributed by atoms with Gasteiger partial charge in [0.25, 0.3) is 5.56 Å². The molecule has 1 saturated heterocycles. The molecule has 2 amide bonds. The van der Waals surface area contributed by atoms with Crippen LogP contribution >= 0.6 is 0 Å². The number of hydrogen-bond acceptors (Lipinski definition) is 5. The maximum absolute atomic E-state index is 14.1. The first-order valence-corrected chi connectivity index (χ1v) is 9.18. The van der Waals surface area contributed by atoms with E-state index in [2.05, 4.69) is 20.6 Å². The highest BCUT2D eigenvalue weighted by Gasteiger charge is 2.35. The topological polar surface area (TPSA) is 107 Å². The Labute approximate surface area is 160 Å². The molecule has 1 atom stereocenters. The fraction of sp³-hybridized carbons (Fsp3) is 0.368. The minimum Gasteiger partial charge on any atom is -0.342 e. The lowest BCUT2D eigenvalue weighted by molar-refractivity contribution is -0.123. The molecule has 9 heteroatoms. The van der Waals surface area contributed by atoms with Crippen molar-refractivity contribution >= 4 is 29.3 Å². The number of nitrogens with zero attached hydrogens (tertiary/aromatic N) is 2. The Morgan fingerprint density at radius 3 is 2.75 bits per heavy atom. The highest BCUT2D eigenvalue weighted by Crippen LogP contribution is 2.31. The standard InChI is InChI=1S/C19H20FN5O3/c1-10-4-5-13(12(20)8-10)21-17(27)11-9-14(26)22-16-15(11)18(28)24-19(23-16)25-6-2-3-7-25/h4-5,8,11H,2-3,6-7,9H2,1H3,(H,21,27)(H2,22,23,24,26,28)/t11-/m0/s1. The van der Waals surface area contributed by atoms with Crippen molar-refractivity contribution in [1.29, 1.82) is 0 Å². The molecule has 8 nitrogen and oxygen atoms in total. The van der Waals surface area contributed by atoms with Gasteiger partial charge in [-0.2, -0.15) is 4.98 Å². The summed E-state index contributed by atoms with van der Waals surface area (Å²) < 4.78 is 14.1. The molecule has 0 unspecified atom stereocenters. The van der Waals surface area contributed by atoms with Crippen LogP contribution in [0.25, 0.3) is 0 Å². The number of nitrogens with one attached hydrogen (secondary N) is 3. The number of hydrogen-bond donors (Lipinski definition) is 3. The van der Waals surface area contributed by atoms with Crippen LogP contribution in [0.1, 0.15) is 36.3 Å². The molecule has 0 saturated carbocycles. The highest BCUT2D eigenvalue weighted by atomic mass is 19.1. The Kier molecular flexibility index (Phi) is 4.58. The van der Waals surface area contributed by atoms with Gasteiger partial charge in [0.05, 0.1) is 17.2 Å². The van der Waals surface area contributed by atoms with Gasteiger partial charge >= 0.3 is 0 Å². The van der Waals surface area contributed by atoms with E-state index in [9.17, 15) is 18.8 Å². The van der Waals surface area contributed by atoms with Gasteiger partial charge in [-0.25, -0.2) is 4.39 Å². The van der Waals surface area contributed by atoms with Crippen molar-refractivity contribution < 1.29 is 14.0 Å². The summed E-state index contributed by atoms with van der Waals surface area (Å²) in [6, 6.07) is 4.41. The lowest BCUT2D eigenvalue weighted by Gasteiger charge is -2.25. The molecule has 1 aromatic carbocycles. The summed E-state index contributed by atoms with van der Waals surface area (Å²) in [5, 5.41) is 5.06. The molecule has 0 aliphatic carbocycles. The average molecular weight is 385 g/mol. The fourth-order valence-corrected chi connectivity index (χ4v) is 3.60. The Hall–Kier alpha value is -3.23. The number of halogens is 1. The Morgan fingerprint density at radius 1 is 1.29 bits per heavy atom. The second kappa shape index (κ2) is 7.06. The number of fused-ring (bicyclic) bond motifs is 1. The molecule has 0 spiro atoms. The van der Waals surface area contributed by atoms with Crippen molar-refractivity contribution in [3.05, 3.63) is 45.5 Å². The number of aromatic nitrogens is 2. The predicted octanol–water partition coefficient (Wildman–Crippen LogP) is 1.88. The molecular formula is C19H20FN5O3. The molecule has 3 N–H and O–H groups in total. The first kappa shape index (κ1) is 18.1. The number of H-pyrrole nitrogens is 1. The normalized spacial score (nSPS) is 18.6.